The van der Waals surface area contributed by atoms with Crippen molar-refractivity contribution in [2.75, 3.05) is 24.9 Å². The SMILES string of the molecule is COc1cc(F)ccc1O.COc1cc(F)ccc1Oc1cc(C(F)(F)F)ccc1C(=O)Nc1cccc(C(N)=O)c1.NC(=O)c1cccc(NC(=O)c2ccc(C(F)(F)F)cc2F)c1. The first-order valence-corrected chi connectivity index (χ1v) is 18.0. The van der Waals surface area contributed by atoms with E-state index in [9.17, 15) is 58.7 Å². The topological polar surface area (TPSA) is 192 Å². The van der Waals surface area contributed by atoms with Gasteiger partial charge in [-0.3, -0.25) is 19.2 Å². The van der Waals surface area contributed by atoms with E-state index in [-0.39, 0.29) is 57.1 Å². The number of anilines is 2. The van der Waals surface area contributed by atoms with Crippen molar-refractivity contribution in [1.82, 2.24) is 0 Å². The number of nitrogens with one attached hydrogen (secondary N) is 2. The van der Waals surface area contributed by atoms with Crippen LogP contribution >= 0.6 is 0 Å². The number of hydrogen-bond acceptors (Lipinski definition) is 8. The van der Waals surface area contributed by atoms with Gasteiger partial charge in [0.25, 0.3) is 11.8 Å². The first-order chi connectivity index (χ1) is 30.5. The molecule has 7 N–H and O–H groups in total. The molecule has 340 valence electrons. The van der Waals surface area contributed by atoms with Crippen molar-refractivity contribution in [1.29, 1.82) is 0 Å². The van der Waals surface area contributed by atoms with Gasteiger partial charge in [0.2, 0.25) is 11.8 Å². The van der Waals surface area contributed by atoms with Crippen LogP contribution in [0.15, 0.2) is 121 Å². The number of amides is 4. The first-order valence-electron chi connectivity index (χ1n) is 18.0. The minimum Gasteiger partial charge on any atom is -0.504 e. The van der Waals surface area contributed by atoms with Crippen LogP contribution < -0.4 is 36.3 Å². The van der Waals surface area contributed by atoms with Crippen molar-refractivity contribution in [2.45, 2.75) is 12.4 Å². The monoisotopic (exact) mass is 916 g/mol. The number of nitrogens with two attached hydrogens (primary N) is 2. The van der Waals surface area contributed by atoms with Crippen LogP contribution in [0, 0.1) is 17.5 Å². The van der Waals surface area contributed by atoms with Gasteiger partial charge in [-0.1, -0.05) is 12.1 Å². The molecule has 0 saturated carbocycles. The van der Waals surface area contributed by atoms with E-state index in [0.717, 1.165) is 48.5 Å². The fraction of sp³-hybridized carbons (Fsp3) is 0.0909. The average Bonchev–Trinajstić information content (AvgIpc) is 3.25. The summed E-state index contributed by atoms with van der Waals surface area (Å²) in [5.41, 5.74) is 7.86. The lowest BCUT2D eigenvalue weighted by Gasteiger charge is -2.16. The fourth-order valence-corrected chi connectivity index (χ4v) is 5.24. The average molecular weight is 917 g/mol. The van der Waals surface area contributed by atoms with Crippen LogP contribution in [0.2, 0.25) is 0 Å². The maximum absolute atomic E-state index is 13.7. The second-order valence-electron chi connectivity index (χ2n) is 12.9. The number of primary amides is 2. The van der Waals surface area contributed by atoms with Crippen molar-refractivity contribution in [3.05, 3.63) is 172 Å². The number of carbonyl (C=O) groups is 4. The Morgan fingerprint density at radius 3 is 1.45 bits per heavy atom. The maximum atomic E-state index is 13.7. The molecule has 6 rings (SSSR count). The van der Waals surface area contributed by atoms with Gasteiger partial charge in [-0.15, -0.1) is 0 Å². The Hall–Kier alpha value is -8.23. The van der Waals surface area contributed by atoms with Crippen molar-refractivity contribution >= 4 is 35.0 Å². The summed E-state index contributed by atoms with van der Waals surface area (Å²) in [6, 6.07) is 21.9. The fourth-order valence-electron chi connectivity index (χ4n) is 5.24. The van der Waals surface area contributed by atoms with Crippen molar-refractivity contribution in [3.63, 3.8) is 0 Å². The Bertz CT molecular complexity index is 2710. The van der Waals surface area contributed by atoms with Gasteiger partial charge in [0.15, 0.2) is 23.0 Å². The zero-order chi connectivity index (χ0) is 48.2. The Morgan fingerprint density at radius 1 is 0.523 bits per heavy atom. The summed E-state index contributed by atoms with van der Waals surface area (Å²) < 4.78 is 132. The van der Waals surface area contributed by atoms with E-state index in [1.165, 1.54) is 68.8 Å². The summed E-state index contributed by atoms with van der Waals surface area (Å²) in [4.78, 5) is 47.1. The van der Waals surface area contributed by atoms with Gasteiger partial charge < -0.3 is 41.4 Å². The molecule has 4 amide bonds. The van der Waals surface area contributed by atoms with Crippen LogP contribution in [0.1, 0.15) is 52.6 Å². The number of alkyl halides is 6. The van der Waals surface area contributed by atoms with Gasteiger partial charge in [-0.25, -0.2) is 13.2 Å². The number of carbonyl (C=O) groups excluding carboxylic acids is 4. The van der Waals surface area contributed by atoms with Crippen molar-refractivity contribution in [2.24, 2.45) is 11.5 Å². The highest BCUT2D eigenvalue weighted by Gasteiger charge is 2.33. The zero-order valence-corrected chi connectivity index (χ0v) is 33.4. The molecule has 0 aliphatic carbocycles. The van der Waals surface area contributed by atoms with Crippen LogP contribution in [0.25, 0.3) is 0 Å². The minimum atomic E-state index is -4.70. The summed E-state index contributed by atoms with van der Waals surface area (Å²) in [6.07, 6.45) is -9.40. The highest BCUT2D eigenvalue weighted by Crippen LogP contribution is 2.38. The van der Waals surface area contributed by atoms with Crippen LogP contribution in [0.4, 0.5) is 50.9 Å². The van der Waals surface area contributed by atoms with E-state index in [4.69, 9.17) is 26.0 Å². The van der Waals surface area contributed by atoms with E-state index >= 15 is 0 Å². The third kappa shape index (κ3) is 13.9. The second-order valence-corrected chi connectivity index (χ2v) is 12.9. The molecule has 0 atom stereocenters. The molecule has 0 unspecified atom stereocenters. The Balaban J connectivity index is 0.000000243. The normalized spacial score (nSPS) is 10.8. The molecule has 21 heteroatoms. The molecule has 12 nitrogen and oxygen atoms in total. The largest absolute Gasteiger partial charge is 0.504 e. The molecule has 0 heterocycles. The van der Waals surface area contributed by atoms with Gasteiger partial charge in [0.05, 0.1) is 36.5 Å². The van der Waals surface area contributed by atoms with E-state index in [2.05, 4.69) is 15.4 Å². The summed E-state index contributed by atoms with van der Waals surface area (Å²) in [5.74, 6) is -6.08. The molecular formula is C44H33F9N4O8. The number of ether oxygens (including phenoxy) is 3. The first kappa shape index (κ1) is 49.4. The number of halogens is 9. The predicted molar refractivity (Wildman–Crippen MR) is 216 cm³/mol. The van der Waals surface area contributed by atoms with Crippen LogP contribution in [0.5, 0.6) is 28.7 Å². The van der Waals surface area contributed by atoms with E-state index in [1.54, 1.807) is 0 Å². The van der Waals surface area contributed by atoms with Crippen LogP contribution in [0.3, 0.4) is 0 Å². The highest BCUT2D eigenvalue weighted by molar-refractivity contribution is 6.07. The van der Waals surface area contributed by atoms with Gasteiger partial charge in [-0.2, -0.15) is 26.3 Å². The number of rotatable bonds is 10. The standard InChI is InChI=1S/C22H16F4N2O4.C15H10F4N2O2.C7H7FO2/c1-31-19-11-14(23)6-8-17(19)32-18-10-13(22(24,25)26)5-7-16(18)21(30)28-15-4-2-3-12(9-15)20(27)29;16-12-7-9(15(17,18)19)4-5-11(12)14(23)21-10-3-1-2-8(6-10)13(20)22;1-10-7-4-5(8)2-3-6(7)9/h2-11H,1H3,(H2,27,29)(H,28,30);1-7H,(H2,20,22)(H,21,23);2-4,9H,1H3. The number of methoxy groups -OCH3 is 2. The van der Waals surface area contributed by atoms with E-state index < -0.39 is 75.9 Å². The lowest BCUT2D eigenvalue weighted by Crippen LogP contribution is -2.16. The molecule has 6 aromatic rings. The Morgan fingerprint density at radius 2 is 0.985 bits per heavy atom. The van der Waals surface area contributed by atoms with Gasteiger partial charge in [-0.05, 0) is 97.1 Å². The molecule has 0 radical (unpaired) electrons. The van der Waals surface area contributed by atoms with Crippen LogP contribution in [-0.4, -0.2) is 43.0 Å². The molecule has 0 saturated heterocycles. The zero-order valence-electron chi connectivity index (χ0n) is 33.4. The van der Waals surface area contributed by atoms with E-state index in [1.807, 2.05) is 0 Å². The lowest BCUT2D eigenvalue weighted by atomic mass is 10.1. The molecule has 0 fully saturated rings. The van der Waals surface area contributed by atoms with Crippen LogP contribution in [-0.2, 0) is 12.4 Å². The lowest BCUT2D eigenvalue weighted by molar-refractivity contribution is -0.138. The third-order valence-corrected chi connectivity index (χ3v) is 8.39. The molecule has 0 aliphatic heterocycles. The molecule has 0 aromatic heterocycles. The Kier molecular flexibility index (Phi) is 16.1. The number of benzene rings is 6. The van der Waals surface area contributed by atoms with Gasteiger partial charge in [0.1, 0.15) is 23.2 Å². The smallest absolute Gasteiger partial charge is 0.416 e. The summed E-state index contributed by atoms with van der Waals surface area (Å²) in [6.45, 7) is 0. The van der Waals surface area contributed by atoms with Crippen molar-refractivity contribution in [3.8, 4) is 28.7 Å². The Labute approximate surface area is 362 Å². The third-order valence-electron chi connectivity index (χ3n) is 8.39. The number of aromatic hydroxyl groups is 1. The molecule has 0 bridgehead atoms. The summed E-state index contributed by atoms with van der Waals surface area (Å²) in [7, 11) is 2.60. The molecule has 65 heavy (non-hydrogen) atoms. The van der Waals surface area contributed by atoms with Gasteiger partial charge in [0, 0.05) is 34.6 Å². The molecule has 0 aliphatic rings. The predicted octanol–water partition coefficient (Wildman–Crippen LogP) is 9.73. The highest BCUT2D eigenvalue weighted by atomic mass is 19.4. The van der Waals surface area contributed by atoms with Crippen molar-refractivity contribution < 1.29 is 78.0 Å². The molecule has 0 spiro atoms. The summed E-state index contributed by atoms with van der Waals surface area (Å²) in [5, 5.41) is 13.7. The van der Waals surface area contributed by atoms with Gasteiger partial charge >= 0.3 is 12.4 Å². The quantitative estimate of drug-likeness (QED) is 0.0839. The maximum Gasteiger partial charge on any atom is 0.416 e. The molecular weight excluding hydrogens is 883 g/mol. The van der Waals surface area contributed by atoms with E-state index in [0.29, 0.717) is 12.1 Å². The summed E-state index contributed by atoms with van der Waals surface area (Å²) >= 11 is 0. The number of phenols is 1. The number of hydrogen-bond donors (Lipinski definition) is 5. The number of phenolic OH excluding ortho intramolecular Hbond substituents is 1. The minimum absolute atomic E-state index is 0.0519. The second kappa shape index (κ2) is 21.2. The molecule has 6 aromatic carbocycles.